The van der Waals surface area contributed by atoms with E-state index in [1.165, 1.54) is 0 Å². The topological polar surface area (TPSA) is 63.3 Å². The molecule has 2 heterocycles. The minimum Gasteiger partial charge on any atom is -0.411 e. The molecule has 5 nitrogen and oxygen atoms in total. The lowest BCUT2D eigenvalue weighted by Crippen LogP contribution is -2.08. The smallest absolute Gasteiger partial charge is 0.149 e. The Morgan fingerprint density at radius 3 is 2.27 bits per heavy atom. The van der Waals surface area contributed by atoms with Crippen LogP contribution >= 0.6 is 11.6 Å². The maximum absolute atomic E-state index is 9.44. The molecule has 0 aliphatic heterocycles. The number of aromatic nitrogens is 3. The molecule has 0 atom stereocenters. The molecule has 136 valence electrons. The summed E-state index contributed by atoms with van der Waals surface area (Å²) in [7, 11) is 0. The van der Waals surface area contributed by atoms with Crippen LogP contribution in [0.3, 0.4) is 0 Å². The molecule has 2 aromatic heterocycles. The monoisotopic (exact) mass is 370 g/mol. The third kappa shape index (κ3) is 2.76. The summed E-state index contributed by atoms with van der Waals surface area (Å²) in [5.41, 5.74) is 7.49. The highest BCUT2D eigenvalue weighted by Crippen LogP contribution is 2.33. The summed E-state index contributed by atoms with van der Waals surface area (Å²) in [4.78, 5) is 9.31. The zero-order valence-electron chi connectivity index (χ0n) is 16.0. The first kappa shape index (κ1) is 18.4. The van der Waals surface area contributed by atoms with Gasteiger partial charge in [-0.05, 0) is 69.9 Å². The van der Waals surface area contributed by atoms with Gasteiger partial charge in [-0.25, -0.2) is 9.97 Å². The molecule has 26 heavy (non-hydrogen) atoms. The number of hydrogen-bond donors (Lipinski definition) is 1. The molecule has 0 aliphatic rings. The summed E-state index contributed by atoms with van der Waals surface area (Å²) in [6.45, 7) is 12.0. The molecule has 0 amide bonds. The largest absolute Gasteiger partial charge is 0.411 e. The Kier molecular flexibility index (Phi) is 4.76. The maximum Gasteiger partial charge on any atom is 0.149 e. The van der Waals surface area contributed by atoms with Crippen molar-refractivity contribution >= 4 is 28.3 Å². The van der Waals surface area contributed by atoms with Crippen LogP contribution in [0.5, 0.6) is 0 Å². The summed E-state index contributed by atoms with van der Waals surface area (Å²) in [6.07, 6.45) is 0.588. The van der Waals surface area contributed by atoms with E-state index in [0.29, 0.717) is 23.7 Å². The predicted octanol–water partition coefficient (Wildman–Crippen LogP) is 5.20. The highest BCUT2D eigenvalue weighted by Gasteiger charge is 2.22. The Balaban J connectivity index is 2.49. The Labute approximate surface area is 158 Å². The van der Waals surface area contributed by atoms with Gasteiger partial charge in [0.15, 0.2) is 0 Å². The van der Waals surface area contributed by atoms with E-state index in [4.69, 9.17) is 16.6 Å². The van der Waals surface area contributed by atoms with Crippen LogP contribution in [-0.4, -0.2) is 25.5 Å². The lowest BCUT2D eigenvalue weighted by Gasteiger charge is -2.15. The van der Waals surface area contributed by atoms with Gasteiger partial charge in [0, 0.05) is 10.7 Å². The molecular weight excluding hydrogens is 348 g/mol. The molecule has 0 bridgehead atoms. The molecule has 0 saturated heterocycles. The highest BCUT2D eigenvalue weighted by molar-refractivity contribution is 6.30. The minimum atomic E-state index is 0.560. The van der Waals surface area contributed by atoms with Crippen molar-refractivity contribution < 1.29 is 5.21 Å². The summed E-state index contributed by atoms with van der Waals surface area (Å²) in [6, 6.07) is 3.93. The van der Waals surface area contributed by atoms with Crippen LogP contribution in [-0.2, 0) is 0 Å². The van der Waals surface area contributed by atoms with Gasteiger partial charge < -0.3 is 5.21 Å². The maximum atomic E-state index is 9.44. The second-order valence-electron chi connectivity index (χ2n) is 6.65. The van der Waals surface area contributed by atoms with Crippen molar-refractivity contribution in [2.45, 2.75) is 48.0 Å². The fourth-order valence-corrected chi connectivity index (χ4v) is 3.92. The summed E-state index contributed by atoms with van der Waals surface area (Å²) in [5.74, 6) is 0.644. The SMILES string of the molecule is CC/C(=N/O)c1nc(C)nc2c1c(C)c(C)n2-c1c(C)cc(Cl)cc1C. The van der Waals surface area contributed by atoms with Gasteiger partial charge in [0.1, 0.15) is 22.9 Å². The summed E-state index contributed by atoms with van der Waals surface area (Å²) >= 11 is 6.22. The van der Waals surface area contributed by atoms with Crippen LogP contribution in [0.15, 0.2) is 17.3 Å². The van der Waals surface area contributed by atoms with E-state index < -0.39 is 0 Å². The molecule has 0 radical (unpaired) electrons. The third-order valence-corrected chi connectivity index (χ3v) is 5.09. The number of nitrogens with zero attached hydrogens (tertiary/aromatic N) is 4. The van der Waals surface area contributed by atoms with Gasteiger partial charge in [-0.1, -0.05) is 23.7 Å². The Morgan fingerprint density at radius 1 is 1.12 bits per heavy atom. The average Bonchev–Trinajstić information content (AvgIpc) is 2.80. The van der Waals surface area contributed by atoms with Gasteiger partial charge in [0.2, 0.25) is 0 Å². The van der Waals surface area contributed by atoms with Gasteiger partial charge in [0.05, 0.1) is 11.1 Å². The second-order valence-corrected chi connectivity index (χ2v) is 7.09. The van der Waals surface area contributed by atoms with E-state index >= 15 is 0 Å². The van der Waals surface area contributed by atoms with Crippen LogP contribution in [0.2, 0.25) is 5.02 Å². The molecule has 0 aliphatic carbocycles. The minimum absolute atomic E-state index is 0.560. The Bertz CT molecular complexity index is 1030. The number of fused-ring (bicyclic) bond motifs is 1. The van der Waals surface area contributed by atoms with Crippen LogP contribution in [0.1, 0.15) is 47.2 Å². The zero-order valence-corrected chi connectivity index (χ0v) is 16.7. The number of oxime groups is 1. The van der Waals surface area contributed by atoms with Crippen molar-refractivity contribution in [2.24, 2.45) is 5.16 Å². The van der Waals surface area contributed by atoms with Crippen LogP contribution in [0.25, 0.3) is 16.7 Å². The van der Waals surface area contributed by atoms with Crippen molar-refractivity contribution in [3.63, 3.8) is 0 Å². The predicted molar refractivity (Wildman–Crippen MR) is 106 cm³/mol. The number of halogens is 1. The number of benzene rings is 1. The van der Waals surface area contributed by atoms with Gasteiger partial charge >= 0.3 is 0 Å². The molecule has 0 saturated carbocycles. The van der Waals surface area contributed by atoms with Crippen molar-refractivity contribution in [1.29, 1.82) is 0 Å². The van der Waals surface area contributed by atoms with E-state index in [9.17, 15) is 5.21 Å². The summed E-state index contributed by atoms with van der Waals surface area (Å²) in [5, 5.41) is 14.6. The molecule has 3 aromatic rings. The van der Waals surface area contributed by atoms with Gasteiger partial charge in [0.25, 0.3) is 0 Å². The highest BCUT2D eigenvalue weighted by atomic mass is 35.5. The van der Waals surface area contributed by atoms with E-state index in [-0.39, 0.29) is 0 Å². The summed E-state index contributed by atoms with van der Waals surface area (Å²) < 4.78 is 2.16. The van der Waals surface area contributed by atoms with Gasteiger partial charge in [-0.15, -0.1) is 0 Å². The van der Waals surface area contributed by atoms with Crippen molar-refractivity contribution in [1.82, 2.24) is 14.5 Å². The number of hydrogen-bond acceptors (Lipinski definition) is 4. The van der Waals surface area contributed by atoms with Crippen LogP contribution in [0.4, 0.5) is 0 Å². The third-order valence-electron chi connectivity index (χ3n) is 4.88. The normalized spacial score (nSPS) is 12.2. The standard InChI is InChI=1S/C20H23ClN4O/c1-7-16(24-26)18-17-12(4)13(5)25(20(17)23-14(6)22-18)19-10(2)8-15(21)9-11(19)3/h8-9,26H,7H2,1-6H3/b24-16-. The molecular formula is C20H23ClN4O. The molecule has 1 N–H and O–H groups in total. The average molecular weight is 371 g/mol. The molecule has 0 unspecified atom stereocenters. The van der Waals surface area contributed by atoms with Crippen LogP contribution in [0, 0.1) is 34.6 Å². The Morgan fingerprint density at radius 2 is 1.73 bits per heavy atom. The van der Waals surface area contributed by atoms with Crippen LogP contribution < -0.4 is 0 Å². The molecule has 1 aromatic carbocycles. The van der Waals surface area contributed by atoms with Gasteiger partial charge in [-0.2, -0.15) is 0 Å². The molecule has 0 spiro atoms. The quantitative estimate of drug-likeness (QED) is 0.391. The van der Waals surface area contributed by atoms with Crippen molar-refractivity contribution in [3.05, 3.63) is 51.1 Å². The fourth-order valence-electron chi connectivity index (χ4n) is 3.60. The zero-order chi connectivity index (χ0) is 19.2. The van der Waals surface area contributed by atoms with Crippen molar-refractivity contribution in [2.75, 3.05) is 0 Å². The van der Waals surface area contributed by atoms with Gasteiger partial charge in [-0.3, -0.25) is 4.57 Å². The first-order valence-electron chi connectivity index (χ1n) is 8.64. The lowest BCUT2D eigenvalue weighted by molar-refractivity contribution is 0.318. The number of rotatable bonds is 3. The first-order valence-corrected chi connectivity index (χ1v) is 9.02. The molecule has 0 fully saturated rings. The van der Waals surface area contributed by atoms with E-state index in [1.807, 2.05) is 26.0 Å². The molecule has 6 heteroatoms. The molecule has 3 rings (SSSR count). The fraction of sp³-hybridized carbons (Fsp3) is 0.350. The lowest BCUT2D eigenvalue weighted by atomic mass is 10.1. The first-order chi connectivity index (χ1) is 12.3. The number of aryl methyl sites for hydroxylation is 4. The van der Waals surface area contributed by atoms with Crippen molar-refractivity contribution in [3.8, 4) is 5.69 Å². The van der Waals surface area contributed by atoms with E-state index in [0.717, 1.165) is 44.1 Å². The van der Waals surface area contributed by atoms with E-state index in [1.54, 1.807) is 0 Å². The Hall–Kier alpha value is -2.40. The van der Waals surface area contributed by atoms with E-state index in [2.05, 4.69) is 42.4 Å². The second kappa shape index (κ2) is 6.72.